The zero-order valence-electron chi connectivity index (χ0n) is 13.9. The summed E-state index contributed by atoms with van der Waals surface area (Å²) in [6.45, 7) is 5.60. The summed E-state index contributed by atoms with van der Waals surface area (Å²) >= 11 is 0. The number of nitrogens with zero attached hydrogens (tertiary/aromatic N) is 1. The summed E-state index contributed by atoms with van der Waals surface area (Å²) in [6.07, 6.45) is 4.17. The second-order valence-corrected chi connectivity index (χ2v) is 7.06. The van der Waals surface area contributed by atoms with Gasteiger partial charge < -0.3 is 0 Å². The van der Waals surface area contributed by atoms with Crippen molar-refractivity contribution in [2.24, 2.45) is 23.7 Å². The van der Waals surface area contributed by atoms with Crippen molar-refractivity contribution in [3.63, 3.8) is 0 Å². The van der Waals surface area contributed by atoms with E-state index in [1.165, 1.54) is 23.0 Å². The van der Waals surface area contributed by atoms with Crippen LogP contribution in [0.2, 0.25) is 0 Å². The van der Waals surface area contributed by atoms with Crippen LogP contribution in [-0.2, 0) is 9.59 Å². The normalized spacial score (nSPS) is 30.3. The number of carbonyl (C=O) groups is 3. The van der Waals surface area contributed by atoms with Gasteiger partial charge in [0.05, 0.1) is 17.5 Å². The van der Waals surface area contributed by atoms with Gasteiger partial charge in [0.1, 0.15) is 0 Å². The molecular formula is C20H19NO3. The Bertz CT molecular complexity index is 793. The summed E-state index contributed by atoms with van der Waals surface area (Å²) in [7, 11) is 0. The zero-order valence-corrected chi connectivity index (χ0v) is 13.9. The van der Waals surface area contributed by atoms with Crippen molar-refractivity contribution in [3.8, 4) is 0 Å². The second kappa shape index (κ2) is 5.00. The quantitative estimate of drug-likeness (QED) is 0.478. The number of anilines is 1. The third-order valence-electron chi connectivity index (χ3n) is 5.53. The number of Topliss-reactive ketones (excluding diaryl/α,β-unsaturated/α-hetero) is 1. The van der Waals surface area contributed by atoms with Crippen molar-refractivity contribution in [3.05, 3.63) is 53.1 Å². The molecule has 0 radical (unpaired) electrons. The summed E-state index contributed by atoms with van der Waals surface area (Å²) in [5.41, 5.74) is 3.59. The van der Waals surface area contributed by atoms with Crippen molar-refractivity contribution in [2.45, 2.75) is 20.8 Å². The maximum absolute atomic E-state index is 13.0. The monoisotopic (exact) mass is 321 g/mol. The van der Waals surface area contributed by atoms with Crippen molar-refractivity contribution < 1.29 is 14.4 Å². The summed E-state index contributed by atoms with van der Waals surface area (Å²) in [5, 5.41) is 0. The van der Waals surface area contributed by atoms with E-state index in [9.17, 15) is 14.4 Å². The smallest absolute Gasteiger partial charge is 0.238 e. The Morgan fingerprint density at radius 3 is 1.79 bits per heavy atom. The van der Waals surface area contributed by atoms with E-state index < -0.39 is 0 Å². The van der Waals surface area contributed by atoms with E-state index >= 15 is 0 Å². The topological polar surface area (TPSA) is 54.5 Å². The lowest BCUT2D eigenvalue weighted by Crippen LogP contribution is -2.33. The molecule has 1 heterocycles. The van der Waals surface area contributed by atoms with Crippen molar-refractivity contribution in [2.75, 3.05) is 4.90 Å². The summed E-state index contributed by atoms with van der Waals surface area (Å²) in [5.74, 6) is -0.694. The molecule has 0 aromatic heterocycles. The van der Waals surface area contributed by atoms with E-state index in [2.05, 4.69) is 26.0 Å². The number of ketones is 1. The molecule has 1 saturated heterocycles. The number of hydrogen-bond acceptors (Lipinski definition) is 3. The Balaban J connectivity index is 1.71. The van der Waals surface area contributed by atoms with Crippen molar-refractivity contribution in [1.82, 2.24) is 0 Å². The number of benzene rings is 1. The summed E-state index contributed by atoms with van der Waals surface area (Å²) in [6, 6.07) is 6.71. The molecule has 0 unspecified atom stereocenters. The highest BCUT2D eigenvalue weighted by molar-refractivity contribution is 6.23. The van der Waals surface area contributed by atoms with E-state index in [0.717, 1.165) is 0 Å². The number of rotatable bonds is 2. The fraction of sp³-hybridized carbons (Fsp3) is 0.350. The van der Waals surface area contributed by atoms with Crippen LogP contribution >= 0.6 is 0 Å². The van der Waals surface area contributed by atoms with Gasteiger partial charge in [-0.3, -0.25) is 14.4 Å². The first kappa shape index (κ1) is 15.1. The van der Waals surface area contributed by atoms with Crippen LogP contribution in [0.1, 0.15) is 31.1 Å². The van der Waals surface area contributed by atoms with Crippen LogP contribution in [0.25, 0.3) is 0 Å². The first-order valence-corrected chi connectivity index (χ1v) is 8.26. The number of fused-ring (bicyclic) bond motifs is 5. The molecule has 3 aliphatic rings. The molecule has 4 rings (SSSR count). The van der Waals surface area contributed by atoms with Crippen LogP contribution in [0.15, 0.2) is 47.6 Å². The predicted octanol–water partition coefficient (Wildman–Crippen LogP) is 3.15. The minimum atomic E-state index is -0.273. The Hall–Kier alpha value is -2.49. The van der Waals surface area contributed by atoms with Gasteiger partial charge in [0.25, 0.3) is 0 Å². The SMILES string of the molecule is CC(=O)c1ccc(N2C(=O)[C@@H]3[C@@H](C2=O)[C@H]2C=C[C@@H]3C2=C(C)C)cc1. The van der Waals surface area contributed by atoms with Crippen LogP contribution in [0.3, 0.4) is 0 Å². The highest BCUT2D eigenvalue weighted by Crippen LogP contribution is 2.57. The van der Waals surface area contributed by atoms with Crippen LogP contribution in [0.5, 0.6) is 0 Å². The molecule has 24 heavy (non-hydrogen) atoms. The molecule has 2 fully saturated rings. The first-order valence-electron chi connectivity index (χ1n) is 8.26. The fourth-order valence-corrected chi connectivity index (χ4v) is 4.53. The fourth-order valence-electron chi connectivity index (χ4n) is 4.53. The van der Waals surface area contributed by atoms with Gasteiger partial charge in [-0.1, -0.05) is 23.3 Å². The highest BCUT2D eigenvalue weighted by Gasteiger charge is 2.61. The van der Waals surface area contributed by atoms with Crippen LogP contribution in [0.4, 0.5) is 5.69 Å². The molecule has 2 amide bonds. The maximum atomic E-state index is 13.0. The van der Waals surface area contributed by atoms with E-state index in [-0.39, 0.29) is 41.3 Å². The predicted molar refractivity (Wildman–Crippen MR) is 90.4 cm³/mol. The van der Waals surface area contributed by atoms with Gasteiger partial charge in [-0.2, -0.15) is 0 Å². The zero-order chi connectivity index (χ0) is 17.2. The van der Waals surface area contributed by atoms with Gasteiger partial charge in [-0.05, 0) is 45.0 Å². The molecule has 4 nitrogen and oxygen atoms in total. The first-order chi connectivity index (χ1) is 11.4. The molecule has 1 aromatic carbocycles. The van der Waals surface area contributed by atoms with Crippen LogP contribution < -0.4 is 4.90 Å². The molecule has 122 valence electrons. The molecule has 0 spiro atoms. The third kappa shape index (κ3) is 1.83. The second-order valence-electron chi connectivity index (χ2n) is 7.06. The lowest BCUT2D eigenvalue weighted by atomic mass is 9.85. The van der Waals surface area contributed by atoms with E-state index in [1.54, 1.807) is 24.3 Å². The number of allylic oxidation sites excluding steroid dienone is 4. The summed E-state index contributed by atoms with van der Waals surface area (Å²) in [4.78, 5) is 38.6. The van der Waals surface area contributed by atoms with Gasteiger partial charge in [0.15, 0.2) is 5.78 Å². The summed E-state index contributed by atoms with van der Waals surface area (Å²) < 4.78 is 0. The highest BCUT2D eigenvalue weighted by atomic mass is 16.2. The number of amides is 2. The van der Waals surface area contributed by atoms with Gasteiger partial charge >= 0.3 is 0 Å². The molecule has 1 aromatic rings. The molecule has 1 aliphatic heterocycles. The average molecular weight is 321 g/mol. The third-order valence-corrected chi connectivity index (χ3v) is 5.53. The minimum Gasteiger partial charge on any atom is -0.295 e. The van der Waals surface area contributed by atoms with E-state index in [0.29, 0.717) is 11.3 Å². The standard InChI is InChI=1S/C20H19NO3/c1-10(2)16-14-8-9-15(16)18-17(14)19(23)21(20(18)24)13-6-4-12(5-7-13)11(3)22/h4-9,14-15,17-18H,1-3H3/t14-,15+,17-,18-/m0/s1. The molecule has 4 atom stereocenters. The van der Waals surface area contributed by atoms with Crippen molar-refractivity contribution >= 4 is 23.3 Å². The Morgan fingerprint density at radius 1 is 0.875 bits per heavy atom. The molecule has 2 bridgehead atoms. The van der Waals surface area contributed by atoms with E-state index in [1.807, 2.05) is 0 Å². The van der Waals surface area contributed by atoms with Crippen LogP contribution in [0, 0.1) is 23.7 Å². The maximum Gasteiger partial charge on any atom is 0.238 e. The van der Waals surface area contributed by atoms with Gasteiger partial charge in [0, 0.05) is 17.4 Å². The molecule has 4 heteroatoms. The lowest BCUT2D eigenvalue weighted by Gasteiger charge is -2.19. The lowest BCUT2D eigenvalue weighted by molar-refractivity contribution is -0.122. The number of hydrogen-bond donors (Lipinski definition) is 0. The molecule has 2 aliphatic carbocycles. The largest absolute Gasteiger partial charge is 0.295 e. The van der Waals surface area contributed by atoms with E-state index in [4.69, 9.17) is 0 Å². The Kier molecular flexibility index (Phi) is 3.14. The molecular weight excluding hydrogens is 302 g/mol. The Morgan fingerprint density at radius 2 is 1.38 bits per heavy atom. The Labute approximate surface area is 140 Å². The number of imide groups is 1. The van der Waals surface area contributed by atoms with Crippen molar-refractivity contribution in [1.29, 1.82) is 0 Å². The van der Waals surface area contributed by atoms with Crippen LogP contribution in [-0.4, -0.2) is 17.6 Å². The minimum absolute atomic E-state index is 0.0343. The van der Waals surface area contributed by atoms with Gasteiger partial charge in [0.2, 0.25) is 11.8 Å². The van der Waals surface area contributed by atoms with Gasteiger partial charge in [-0.15, -0.1) is 0 Å². The molecule has 0 N–H and O–H groups in total. The van der Waals surface area contributed by atoms with Gasteiger partial charge in [-0.25, -0.2) is 4.90 Å². The average Bonchev–Trinajstić information content (AvgIpc) is 3.18. The number of carbonyl (C=O) groups excluding carboxylic acids is 3. The molecule has 1 saturated carbocycles.